The van der Waals surface area contributed by atoms with E-state index in [0.29, 0.717) is 12.8 Å². The predicted molar refractivity (Wildman–Crippen MR) is 129 cm³/mol. The molecule has 0 aromatic heterocycles. The van der Waals surface area contributed by atoms with Crippen LogP contribution >= 0.6 is 0 Å². The Bertz CT molecular complexity index is 1320. The fourth-order valence-corrected chi connectivity index (χ4v) is 5.88. The fourth-order valence-electron chi connectivity index (χ4n) is 4.35. The van der Waals surface area contributed by atoms with Crippen molar-refractivity contribution < 1.29 is 27.1 Å². The molecule has 0 saturated carbocycles. The summed E-state index contributed by atoms with van der Waals surface area (Å²) in [6.07, 6.45) is 0.937. The zero-order chi connectivity index (χ0) is 25.0. The Morgan fingerprint density at radius 2 is 1.80 bits per heavy atom. The Morgan fingerprint density at radius 1 is 1.09 bits per heavy atom. The van der Waals surface area contributed by atoms with E-state index in [2.05, 4.69) is 5.32 Å². The number of fused-ring (bicyclic) bond motifs is 1. The molecule has 0 aliphatic carbocycles. The van der Waals surface area contributed by atoms with Crippen LogP contribution in [-0.2, 0) is 24.3 Å². The third-order valence-electron chi connectivity index (χ3n) is 6.18. The van der Waals surface area contributed by atoms with Crippen LogP contribution in [0.2, 0.25) is 0 Å². The number of amides is 1. The zero-order valence-electron chi connectivity index (χ0n) is 19.3. The van der Waals surface area contributed by atoms with E-state index in [1.165, 1.54) is 16.4 Å². The van der Waals surface area contributed by atoms with Crippen molar-refractivity contribution in [2.45, 2.75) is 30.7 Å². The molecule has 1 heterocycles. The molecule has 7 nitrogen and oxygen atoms in total. The highest BCUT2D eigenvalue weighted by molar-refractivity contribution is 7.89. The molecule has 0 radical (unpaired) electrons. The number of carbonyl (C=O) groups is 2. The van der Waals surface area contributed by atoms with Crippen molar-refractivity contribution >= 4 is 32.7 Å². The number of esters is 1. The topological polar surface area (TPSA) is 92.8 Å². The molecule has 1 aliphatic heterocycles. The Kier molecular flexibility index (Phi) is 7.47. The van der Waals surface area contributed by atoms with Gasteiger partial charge in [0.1, 0.15) is 5.82 Å². The van der Waals surface area contributed by atoms with Gasteiger partial charge in [0.25, 0.3) is 5.91 Å². The maximum Gasteiger partial charge on any atom is 0.310 e. The lowest BCUT2D eigenvalue weighted by atomic mass is 9.99. The molecular formula is C26H27FN2O5S. The number of hydrogen-bond donors (Lipinski definition) is 1. The first-order chi connectivity index (χ1) is 16.8. The summed E-state index contributed by atoms with van der Waals surface area (Å²) in [5, 5.41) is 4.95. The first-order valence-corrected chi connectivity index (χ1v) is 12.9. The van der Waals surface area contributed by atoms with Gasteiger partial charge in [0.05, 0.1) is 16.9 Å². The lowest BCUT2D eigenvalue weighted by Crippen LogP contribution is -2.43. The van der Waals surface area contributed by atoms with E-state index in [0.717, 1.165) is 28.5 Å². The van der Waals surface area contributed by atoms with Gasteiger partial charge in [-0.2, -0.15) is 4.31 Å². The number of rotatable bonds is 7. The second kappa shape index (κ2) is 10.5. The molecule has 184 valence electrons. The maximum atomic E-state index is 13.2. The van der Waals surface area contributed by atoms with Gasteiger partial charge >= 0.3 is 5.97 Å². The number of carbonyl (C=O) groups excluding carboxylic acids is 2. The molecule has 35 heavy (non-hydrogen) atoms. The maximum absolute atomic E-state index is 13.2. The molecule has 1 amide bonds. The highest BCUT2D eigenvalue weighted by atomic mass is 32.2. The summed E-state index contributed by atoms with van der Waals surface area (Å²) in [6.45, 7) is 1.62. The molecule has 1 N–H and O–H groups in total. The van der Waals surface area contributed by atoms with Gasteiger partial charge in [-0.15, -0.1) is 0 Å². The molecule has 9 heteroatoms. The molecule has 0 bridgehead atoms. The second-order valence-electron chi connectivity index (χ2n) is 8.62. The number of hydrogen-bond acceptors (Lipinski definition) is 5. The number of ether oxygens (including phenoxy) is 1. The molecule has 3 aromatic rings. The molecule has 0 spiro atoms. The molecule has 1 fully saturated rings. The van der Waals surface area contributed by atoms with E-state index in [1.807, 2.05) is 49.4 Å². The van der Waals surface area contributed by atoms with E-state index in [-0.39, 0.29) is 24.0 Å². The molecule has 2 unspecified atom stereocenters. The molecular weight excluding hydrogens is 471 g/mol. The van der Waals surface area contributed by atoms with Crippen molar-refractivity contribution in [1.29, 1.82) is 0 Å². The number of benzene rings is 3. The average Bonchev–Trinajstić information content (AvgIpc) is 2.87. The highest BCUT2D eigenvalue weighted by Gasteiger charge is 2.34. The van der Waals surface area contributed by atoms with E-state index < -0.39 is 40.2 Å². The van der Waals surface area contributed by atoms with E-state index in [4.69, 9.17) is 4.74 Å². The van der Waals surface area contributed by atoms with Gasteiger partial charge in [-0.3, -0.25) is 9.59 Å². The van der Waals surface area contributed by atoms with Crippen LogP contribution in [0.4, 0.5) is 4.39 Å². The molecule has 3 aromatic carbocycles. The number of nitrogens with zero attached hydrogens (tertiary/aromatic N) is 1. The first-order valence-electron chi connectivity index (χ1n) is 11.4. The van der Waals surface area contributed by atoms with Crippen LogP contribution in [0.1, 0.15) is 31.4 Å². The summed E-state index contributed by atoms with van der Waals surface area (Å²) in [5.41, 5.74) is 0.955. The van der Waals surface area contributed by atoms with E-state index >= 15 is 0 Å². The van der Waals surface area contributed by atoms with Gasteiger partial charge in [-0.1, -0.05) is 42.5 Å². The Morgan fingerprint density at radius 3 is 2.57 bits per heavy atom. The molecule has 2 atom stereocenters. The average molecular weight is 499 g/mol. The standard InChI is InChI=1S/C26H27FN2O5S/c1-18(23-10-4-7-19-6-2-3-9-24(19)23)28-25(30)17-34-26(31)20-8-5-15-29(16-20)35(32,33)22-13-11-21(27)12-14-22/h2-4,6-7,9-14,18,20H,5,8,15-17H2,1H3,(H,28,30). The minimum Gasteiger partial charge on any atom is -0.455 e. The summed E-state index contributed by atoms with van der Waals surface area (Å²) in [5.74, 6) is -2.26. The van der Waals surface area contributed by atoms with Crippen LogP contribution in [0.5, 0.6) is 0 Å². The van der Waals surface area contributed by atoms with Crippen LogP contribution in [0.25, 0.3) is 10.8 Å². The number of piperidine rings is 1. The van der Waals surface area contributed by atoms with Crippen molar-refractivity contribution in [2.24, 2.45) is 5.92 Å². The summed E-state index contributed by atoms with van der Waals surface area (Å²) in [6, 6.07) is 18.0. The second-order valence-corrected chi connectivity index (χ2v) is 10.6. The van der Waals surface area contributed by atoms with Gasteiger partial charge in [0.15, 0.2) is 6.61 Å². The van der Waals surface area contributed by atoms with Gasteiger partial charge in [0.2, 0.25) is 10.0 Å². The van der Waals surface area contributed by atoms with Crippen LogP contribution in [-0.4, -0.2) is 44.3 Å². The van der Waals surface area contributed by atoms with E-state index in [9.17, 15) is 22.4 Å². The lowest BCUT2D eigenvalue weighted by Gasteiger charge is -2.30. The fraction of sp³-hybridized carbons (Fsp3) is 0.308. The highest BCUT2D eigenvalue weighted by Crippen LogP contribution is 2.26. The van der Waals surface area contributed by atoms with Crippen LogP contribution in [0.15, 0.2) is 71.6 Å². The summed E-state index contributed by atoms with van der Waals surface area (Å²) < 4.78 is 45.4. The van der Waals surface area contributed by atoms with Crippen molar-refractivity contribution in [3.05, 3.63) is 78.1 Å². The van der Waals surface area contributed by atoms with Crippen molar-refractivity contribution in [1.82, 2.24) is 9.62 Å². The van der Waals surface area contributed by atoms with Gasteiger partial charge < -0.3 is 10.1 Å². The minimum absolute atomic E-state index is 0.0327. The zero-order valence-corrected chi connectivity index (χ0v) is 20.1. The van der Waals surface area contributed by atoms with Crippen LogP contribution in [0, 0.1) is 11.7 Å². The predicted octanol–water partition coefficient (Wildman–Crippen LogP) is 3.80. The number of halogens is 1. The van der Waals surface area contributed by atoms with Gasteiger partial charge in [-0.25, -0.2) is 12.8 Å². The Labute approximate surface area is 203 Å². The third-order valence-corrected chi connectivity index (χ3v) is 8.06. The van der Waals surface area contributed by atoms with E-state index in [1.54, 1.807) is 0 Å². The first kappa shape index (κ1) is 24.8. The normalized spacial score (nSPS) is 17.6. The Balaban J connectivity index is 1.33. The van der Waals surface area contributed by atoms with Crippen LogP contribution < -0.4 is 5.32 Å². The summed E-state index contributed by atoms with van der Waals surface area (Å²) in [7, 11) is -3.86. The largest absolute Gasteiger partial charge is 0.455 e. The minimum atomic E-state index is -3.86. The quantitative estimate of drug-likeness (QED) is 0.500. The third kappa shape index (κ3) is 5.68. The molecule has 1 saturated heterocycles. The lowest BCUT2D eigenvalue weighted by molar-refractivity contribution is -0.153. The van der Waals surface area contributed by atoms with Gasteiger partial charge in [0, 0.05) is 13.1 Å². The summed E-state index contributed by atoms with van der Waals surface area (Å²) in [4.78, 5) is 25.0. The van der Waals surface area contributed by atoms with Gasteiger partial charge in [-0.05, 0) is 60.4 Å². The van der Waals surface area contributed by atoms with Crippen molar-refractivity contribution in [3.8, 4) is 0 Å². The molecule has 4 rings (SSSR count). The van der Waals surface area contributed by atoms with Crippen molar-refractivity contribution in [3.63, 3.8) is 0 Å². The van der Waals surface area contributed by atoms with Crippen LogP contribution in [0.3, 0.4) is 0 Å². The van der Waals surface area contributed by atoms with Crippen molar-refractivity contribution in [2.75, 3.05) is 19.7 Å². The molecule has 1 aliphatic rings. The monoisotopic (exact) mass is 498 g/mol. The smallest absolute Gasteiger partial charge is 0.310 e. The number of nitrogens with one attached hydrogen (secondary N) is 1. The summed E-state index contributed by atoms with van der Waals surface area (Å²) >= 11 is 0. The SMILES string of the molecule is CC(NC(=O)COC(=O)C1CCCN(S(=O)(=O)c2ccc(F)cc2)C1)c1cccc2ccccc12. The Hall–Kier alpha value is -3.30. The number of sulfonamides is 1.